The number of para-hydroxylation sites is 1. The molecule has 2 N–H and O–H groups in total. The Balaban J connectivity index is 1.41. The third-order valence-corrected chi connectivity index (χ3v) is 13.6. The zero-order valence-corrected chi connectivity index (χ0v) is 27.2. The van der Waals surface area contributed by atoms with Crippen LogP contribution in [-0.4, -0.2) is 33.9 Å². The molecule has 7 nitrogen and oxygen atoms in total. The Kier molecular flexibility index (Phi) is 6.57. The van der Waals surface area contributed by atoms with Gasteiger partial charge in [-0.1, -0.05) is 65.8 Å². The lowest BCUT2D eigenvalue weighted by Crippen LogP contribution is -2.74. The molecule has 6 rings (SSSR count). The number of carbonyl (C=O) groups is 3. The lowest BCUT2D eigenvalue weighted by atomic mass is 9.33. The van der Waals surface area contributed by atoms with Crippen molar-refractivity contribution in [1.29, 1.82) is 5.26 Å². The second kappa shape index (κ2) is 9.39. The SMILES string of the molecule is CC1(C)C(=O)C(C#N)=C[C@]2(C)C3=CC(=O)[C@]4(O)[C@@H]5C[C@@](C)(NC(=O)Oc6ccccc6)CC[C@]5(C)CC[C@@]4(C)[C@]3(C)CC[C@@H]12. The van der Waals surface area contributed by atoms with Crippen molar-refractivity contribution in [3.8, 4) is 11.8 Å². The number of benzene rings is 1. The Morgan fingerprint density at radius 3 is 2.27 bits per heavy atom. The molecule has 0 unspecified atom stereocenters. The summed E-state index contributed by atoms with van der Waals surface area (Å²) in [5.41, 5.74) is -4.22. The van der Waals surface area contributed by atoms with Crippen molar-refractivity contribution in [2.45, 2.75) is 105 Å². The van der Waals surface area contributed by atoms with Crippen molar-refractivity contribution in [1.82, 2.24) is 5.32 Å². The largest absolute Gasteiger partial charge is 0.413 e. The summed E-state index contributed by atoms with van der Waals surface area (Å²) in [7, 11) is 0. The van der Waals surface area contributed by atoms with Gasteiger partial charge in [0, 0.05) is 27.7 Å². The molecule has 0 aliphatic heterocycles. The molecule has 3 saturated carbocycles. The molecular weight excluding hydrogens is 552 g/mol. The predicted molar refractivity (Wildman–Crippen MR) is 166 cm³/mol. The highest BCUT2D eigenvalue weighted by atomic mass is 16.6. The van der Waals surface area contributed by atoms with Gasteiger partial charge in [0.2, 0.25) is 0 Å². The number of nitriles is 1. The van der Waals surface area contributed by atoms with E-state index < -0.39 is 38.9 Å². The van der Waals surface area contributed by atoms with E-state index in [-0.39, 0.29) is 34.4 Å². The van der Waals surface area contributed by atoms with E-state index in [0.29, 0.717) is 25.0 Å². The van der Waals surface area contributed by atoms with Gasteiger partial charge < -0.3 is 15.2 Å². The number of allylic oxidation sites excluding steroid dienone is 3. The third-order valence-electron chi connectivity index (χ3n) is 13.6. The maximum Gasteiger partial charge on any atom is 0.413 e. The Labute approximate surface area is 261 Å². The molecule has 5 aliphatic rings. The Bertz CT molecular complexity index is 1550. The lowest BCUT2D eigenvalue weighted by Gasteiger charge is -2.71. The van der Waals surface area contributed by atoms with Gasteiger partial charge in [-0.25, -0.2) is 4.79 Å². The van der Waals surface area contributed by atoms with E-state index in [2.05, 4.69) is 39.1 Å². The van der Waals surface area contributed by atoms with Crippen LogP contribution in [0.15, 0.2) is 53.6 Å². The predicted octanol–water partition coefficient (Wildman–Crippen LogP) is 6.86. The van der Waals surface area contributed by atoms with Crippen LogP contribution in [0.4, 0.5) is 4.79 Å². The molecule has 0 spiro atoms. The third kappa shape index (κ3) is 3.85. The first kappa shape index (κ1) is 30.8. The van der Waals surface area contributed by atoms with Gasteiger partial charge in [0.1, 0.15) is 17.4 Å². The van der Waals surface area contributed by atoms with E-state index >= 15 is 0 Å². The summed E-state index contributed by atoms with van der Waals surface area (Å²) < 4.78 is 5.57. The minimum atomic E-state index is -1.64. The smallest absolute Gasteiger partial charge is 0.410 e. The van der Waals surface area contributed by atoms with E-state index in [1.807, 2.05) is 45.0 Å². The summed E-state index contributed by atoms with van der Waals surface area (Å²) in [4.78, 5) is 41.0. The van der Waals surface area contributed by atoms with Crippen LogP contribution >= 0.6 is 0 Å². The van der Waals surface area contributed by atoms with Gasteiger partial charge in [-0.15, -0.1) is 0 Å². The fraction of sp³-hybridized carbons (Fsp3) is 0.622. The maximum atomic E-state index is 14.6. The Hall–Kier alpha value is -3.24. The molecule has 234 valence electrons. The van der Waals surface area contributed by atoms with Crippen LogP contribution in [0, 0.1) is 50.2 Å². The normalized spacial score (nSPS) is 44.0. The molecule has 0 saturated heterocycles. The monoisotopic (exact) mass is 598 g/mol. The lowest BCUT2D eigenvalue weighted by molar-refractivity contribution is -0.240. The number of amides is 1. The quantitative estimate of drug-likeness (QED) is 0.384. The summed E-state index contributed by atoms with van der Waals surface area (Å²) >= 11 is 0. The molecule has 5 aliphatic carbocycles. The van der Waals surface area contributed by atoms with E-state index in [4.69, 9.17) is 4.74 Å². The first-order valence-corrected chi connectivity index (χ1v) is 16.1. The molecular formula is C37H46N2O5. The van der Waals surface area contributed by atoms with Crippen LogP contribution in [0.25, 0.3) is 0 Å². The zero-order chi connectivity index (χ0) is 32.1. The number of fused-ring (bicyclic) bond motifs is 7. The fourth-order valence-electron chi connectivity index (χ4n) is 10.7. The Morgan fingerprint density at radius 1 is 0.955 bits per heavy atom. The number of carbonyl (C=O) groups excluding carboxylic acids is 3. The molecule has 8 atom stereocenters. The second-order valence-corrected chi connectivity index (χ2v) is 16.2. The van der Waals surface area contributed by atoms with E-state index in [1.54, 1.807) is 18.2 Å². The molecule has 1 amide bonds. The van der Waals surface area contributed by atoms with Crippen LogP contribution < -0.4 is 10.1 Å². The summed E-state index contributed by atoms with van der Waals surface area (Å²) in [6.45, 7) is 14.4. The topological polar surface area (TPSA) is 116 Å². The van der Waals surface area contributed by atoms with Gasteiger partial charge in [0.25, 0.3) is 0 Å². The summed E-state index contributed by atoms with van der Waals surface area (Å²) in [6.07, 6.45) is 7.95. The molecule has 1 aromatic carbocycles. The summed E-state index contributed by atoms with van der Waals surface area (Å²) in [5.74, 6) is -0.413. The van der Waals surface area contributed by atoms with Crippen molar-refractivity contribution in [3.63, 3.8) is 0 Å². The molecule has 1 aromatic rings. The van der Waals surface area contributed by atoms with Gasteiger partial charge in [0.15, 0.2) is 11.6 Å². The van der Waals surface area contributed by atoms with Crippen molar-refractivity contribution in [2.24, 2.45) is 38.9 Å². The molecule has 0 aromatic heterocycles. The number of Topliss-reactive ketones (excluding diaryl/α,β-unsaturated/α-hetero) is 1. The van der Waals surface area contributed by atoms with Crippen molar-refractivity contribution in [2.75, 3.05) is 0 Å². The Morgan fingerprint density at radius 2 is 1.61 bits per heavy atom. The van der Waals surface area contributed by atoms with E-state index in [9.17, 15) is 24.8 Å². The number of ketones is 2. The highest BCUT2D eigenvalue weighted by Gasteiger charge is 2.75. The number of ether oxygens (including phenoxy) is 1. The number of aliphatic hydroxyl groups is 1. The first-order chi connectivity index (χ1) is 20.4. The number of rotatable bonds is 2. The maximum absolute atomic E-state index is 14.6. The van der Waals surface area contributed by atoms with Crippen molar-refractivity contribution < 1.29 is 24.2 Å². The van der Waals surface area contributed by atoms with Crippen LogP contribution in [0.1, 0.15) is 93.4 Å². The van der Waals surface area contributed by atoms with Gasteiger partial charge in [0.05, 0.1) is 5.57 Å². The van der Waals surface area contributed by atoms with Gasteiger partial charge in [-0.2, -0.15) is 5.26 Å². The van der Waals surface area contributed by atoms with Crippen LogP contribution in [0.2, 0.25) is 0 Å². The standard InChI is InChI=1S/C37H46N2O5/c1-31(2)25-13-14-35(6)26(34(25,5)20-23(22-38)29(31)41)19-28(40)37(43)27-21-33(4,17-15-32(27,3)16-18-36(35,37)7)39-30(42)44-24-11-9-8-10-12-24/h8-12,19-20,25,27,43H,13-18,21H2,1-7H3,(H,39,42)/t25-,27+,32+,33-,34-,35+,36-,37+/m0/s1. The fourth-order valence-corrected chi connectivity index (χ4v) is 10.7. The molecule has 0 heterocycles. The average Bonchev–Trinajstić information content (AvgIpc) is 2.96. The van der Waals surface area contributed by atoms with E-state index in [0.717, 1.165) is 31.3 Å². The number of nitrogens with one attached hydrogen (secondary N) is 1. The van der Waals surface area contributed by atoms with Crippen LogP contribution in [0.3, 0.4) is 0 Å². The number of hydrogen-bond donors (Lipinski definition) is 2. The highest BCUT2D eigenvalue weighted by Crippen LogP contribution is 2.75. The van der Waals surface area contributed by atoms with Crippen molar-refractivity contribution in [3.05, 3.63) is 53.6 Å². The number of hydrogen-bond acceptors (Lipinski definition) is 6. The molecule has 0 bridgehead atoms. The summed E-state index contributed by atoms with van der Waals surface area (Å²) in [6, 6.07) is 11.1. The molecule has 0 radical (unpaired) electrons. The van der Waals surface area contributed by atoms with Crippen molar-refractivity contribution >= 4 is 17.7 Å². The number of nitrogens with zero attached hydrogens (tertiary/aromatic N) is 1. The first-order valence-electron chi connectivity index (χ1n) is 16.1. The van der Waals surface area contributed by atoms with Gasteiger partial charge in [-0.3, -0.25) is 9.59 Å². The zero-order valence-electron chi connectivity index (χ0n) is 27.2. The van der Waals surface area contributed by atoms with Gasteiger partial charge >= 0.3 is 6.09 Å². The molecule has 3 fully saturated rings. The van der Waals surface area contributed by atoms with Crippen LogP contribution in [0.5, 0.6) is 5.75 Å². The minimum absolute atomic E-state index is 0.0619. The second-order valence-electron chi connectivity index (χ2n) is 16.2. The van der Waals surface area contributed by atoms with Crippen LogP contribution in [-0.2, 0) is 9.59 Å². The minimum Gasteiger partial charge on any atom is -0.410 e. The highest BCUT2D eigenvalue weighted by molar-refractivity contribution is 6.05. The van der Waals surface area contributed by atoms with Gasteiger partial charge in [-0.05, 0) is 92.4 Å². The molecule has 7 heteroatoms. The molecule has 44 heavy (non-hydrogen) atoms. The van der Waals surface area contributed by atoms with E-state index in [1.165, 1.54) is 0 Å². The summed E-state index contributed by atoms with van der Waals surface area (Å²) in [5, 5.41) is 26.1. The average molecular weight is 599 g/mol.